The maximum Gasteiger partial charge on any atom is 0.573 e. The van der Waals surface area contributed by atoms with Crippen LogP contribution in [0.25, 0.3) is 10.9 Å². The first-order valence-corrected chi connectivity index (χ1v) is 9.72. The topological polar surface area (TPSA) is 80.6 Å². The van der Waals surface area contributed by atoms with Crippen LogP contribution in [0.1, 0.15) is 35.0 Å². The zero-order valence-corrected chi connectivity index (χ0v) is 17.2. The lowest BCUT2D eigenvalue weighted by molar-refractivity contribution is -0.274. The monoisotopic (exact) mass is 452 g/mol. The highest BCUT2D eigenvalue weighted by Gasteiger charge is 2.31. The first kappa shape index (κ1) is 23.1. The van der Waals surface area contributed by atoms with E-state index >= 15 is 0 Å². The number of phenols is 1. The number of ether oxygens (including phenoxy) is 1. The Bertz CT molecular complexity index is 1170. The first-order chi connectivity index (χ1) is 15.0. The maximum atomic E-state index is 14.8. The number of nitrogens with one attached hydrogen (secondary N) is 1. The van der Waals surface area contributed by atoms with Gasteiger partial charge >= 0.3 is 6.36 Å². The van der Waals surface area contributed by atoms with Gasteiger partial charge in [0.15, 0.2) is 11.6 Å². The van der Waals surface area contributed by atoms with Gasteiger partial charge in [-0.1, -0.05) is 6.92 Å². The van der Waals surface area contributed by atoms with Crippen LogP contribution in [0.5, 0.6) is 11.5 Å². The molecule has 0 saturated carbocycles. The van der Waals surface area contributed by atoms with Gasteiger partial charge in [-0.05, 0) is 55.3 Å². The largest absolute Gasteiger partial charge is 0.573 e. The predicted molar refractivity (Wildman–Crippen MR) is 108 cm³/mol. The molecular weight excluding hydrogens is 432 g/mol. The van der Waals surface area contributed by atoms with Crippen LogP contribution in [0.2, 0.25) is 0 Å². The van der Waals surface area contributed by atoms with E-state index in [2.05, 4.69) is 10.1 Å². The van der Waals surface area contributed by atoms with Crippen LogP contribution >= 0.6 is 0 Å². The van der Waals surface area contributed by atoms with Crippen molar-refractivity contribution < 1.29 is 37.0 Å². The predicted octanol–water partition coefficient (Wildman–Crippen LogP) is 4.45. The Kier molecular flexibility index (Phi) is 6.42. The molecule has 2 N–H and O–H groups in total. The molecule has 0 radical (unpaired) electrons. The molecule has 170 valence electrons. The van der Waals surface area contributed by atoms with Gasteiger partial charge in [-0.3, -0.25) is 14.2 Å². The first-order valence-electron chi connectivity index (χ1n) is 9.72. The Morgan fingerprint density at radius 2 is 1.78 bits per heavy atom. The summed E-state index contributed by atoms with van der Waals surface area (Å²) in [6.07, 6.45) is -4.39. The molecule has 1 aromatic heterocycles. The third-order valence-electron chi connectivity index (χ3n) is 4.86. The van der Waals surface area contributed by atoms with E-state index in [-0.39, 0.29) is 40.1 Å². The Hall–Kier alpha value is -3.56. The second kappa shape index (κ2) is 8.89. The number of aromatic nitrogens is 1. The molecule has 0 bridgehead atoms. The molecule has 6 nitrogen and oxygen atoms in total. The molecule has 0 aliphatic heterocycles. The van der Waals surface area contributed by atoms with E-state index in [1.54, 1.807) is 0 Å². The van der Waals surface area contributed by atoms with Crippen LogP contribution in [0.3, 0.4) is 0 Å². The molecule has 0 spiro atoms. The number of aromatic hydroxyl groups is 1. The van der Waals surface area contributed by atoms with E-state index in [4.69, 9.17) is 0 Å². The SMILES string of the molecule is CCCNC(=O)Cc1c(C)n(C(=O)c2ccc(OC(F)(F)F)cc2)c2ccc(O)c(F)c12. The molecule has 1 heterocycles. The van der Waals surface area contributed by atoms with Crippen molar-refractivity contribution in [3.05, 3.63) is 59.0 Å². The van der Waals surface area contributed by atoms with Gasteiger partial charge in [-0.15, -0.1) is 13.2 Å². The summed E-state index contributed by atoms with van der Waals surface area (Å²) in [5.74, 6) is -3.11. The van der Waals surface area contributed by atoms with Gasteiger partial charge in [-0.25, -0.2) is 4.39 Å². The van der Waals surface area contributed by atoms with Gasteiger partial charge in [0.05, 0.1) is 11.9 Å². The van der Waals surface area contributed by atoms with Crippen molar-refractivity contribution in [2.75, 3.05) is 6.54 Å². The van der Waals surface area contributed by atoms with Gasteiger partial charge in [0.25, 0.3) is 5.91 Å². The molecular formula is C22H20F4N2O4. The Balaban J connectivity index is 2.06. The molecule has 3 rings (SSSR count). The van der Waals surface area contributed by atoms with Crippen molar-refractivity contribution in [3.63, 3.8) is 0 Å². The lowest BCUT2D eigenvalue weighted by Gasteiger charge is -2.10. The zero-order valence-electron chi connectivity index (χ0n) is 17.2. The van der Waals surface area contributed by atoms with E-state index in [0.29, 0.717) is 13.0 Å². The summed E-state index contributed by atoms with van der Waals surface area (Å²) < 4.78 is 56.9. The number of fused-ring (bicyclic) bond motifs is 1. The molecule has 0 aliphatic carbocycles. The molecule has 3 aromatic rings. The smallest absolute Gasteiger partial charge is 0.505 e. The van der Waals surface area contributed by atoms with Crippen molar-refractivity contribution >= 4 is 22.7 Å². The minimum absolute atomic E-state index is 0.0231. The lowest BCUT2D eigenvalue weighted by atomic mass is 10.1. The summed E-state index contributed by atoms with van der Waals surface area (Å²) in [5.41, 5.74) is 0.649. The van der Waals surface area contributed by atoms with E-state index in [0.717, 1.165) is 30.3 Å². The number of rotatable bonds is 6. The van der Waals surface area contributed by atoms with E-state index < -0.39 is 29.6 Å². The number of amides is 1. The molecule has 0 fully saturated rings. The molecule has 0 saturated heterocycles. The van der Waals surface area contributed by atoms with Crippen molar-refractivity contribution in [3.8, 4) is 11.5 Å². The summed E-state index contributed by atoms with van der Waals surface area (Å²) in [4.78, 5) is 25.4. The fourth-order valence-corrected chi connectivity index (χ4v) is 3.42. The van der Waals surface area contributed by atoms with Gasteiger partial charge < -0.3 is 15.2 Å². The normalized spacial score (nSPS) is 11.6. The highest BCUT2D eigenvalue weighted by atomic mass is 19.4. The van der Waals surface area contributed by atoms with Gasteiger partial charge in [0.2, 0.25) is 5.91 Å². The zero-order chi connectivity index (χ0) is 23.6. The summed E-state index contributed by atoms with van der Waals surface area (Å²) in [5, 5.41) is 12.4. The van der Waals surface area contributed by atoms with Crippen molar-refractivity contribution in [1.29, 1.82) is 0 Å². The Morgan fingerprint density at radius 3 is 2.38 bits per heavy atom. The minimum atomic E-state index is -4.87. The fraction of sp³-hybridized carbons (Fsp3) is 0.273. The summed E-state index contributed by atoms with van der Waals surface area (Å²) in [6.45, 7) is 3.83. The lowest BCUT2D eigenvalue weighted by Crippen LogP contribution is -2.26. The van der Waals surface area contributed by atoms with E-state index in [1.807, 2.05) is 6.92 Å². The third-order valence-corrected chi connectivity index (χ3v) is 4.86. The summed E-state index contributed by atoms with van der Waals surface area (Å²) in [6, 6.07) is 6.72. The number of hydrogen-bond acceptors (Lipinski definition) is 4. The highest BCUT2D eigenvalue weighted by Crippen LogP contribution is 2.34. The number of carbonyl (C=O) groups is 2. The summed E-state index contributed by atoms with van der Waals surface area (Å²) >= 11 is 0. The summed E-state index contributed by atoms with van der Waals surface area (Å²) in [7, 11) is 0. The van der Waals surface area contributed by atoms with Crippen molar-refractivity contribution in [1.82, 2.24) is 9.88 Å². The quantitative estimate of drug-likeness (QED) is 0.542. The van der Waals surface area contributed by atoms with Crippen LogP contribution in [-0.2, 0) is 11.2 Å². The average molecular weight is 452 g/mol. The number of halogens is 4. The van der Waals surface area contributed by atoms with Crippen LogP contribution in [-0.4, -0.2) is 34.4 Å². The molecule has 2 aromatic carbocycles. The number of hydrogen-bond donors (Lipinski definition) is 2. The molecule has 0 atom stereocenters. The molecule has 32 heavy (non-hydrogen) atoms. The highest BCUT2D eigenvalue weighted by molar-refractivity contribution is 6.05. The van der Waals surface area contributed by atoms with Crippen LogP contribution in [0.4, 0.5) is 17.6 Å². The molecule has 0 unspecified atom stereocenters. The van der Waals surface area contributed by atoms with Gasteiger partial charge in [0, 0.05) is 23.2 Å². The number of nitrogens with zero attached hydrogens (tertiary/aromatic N) is 1. The van der Waals surface area contributed by atoms with Crippen molar-refractivity contribution in [2.45, 2.75) is 33.1 Å². The van der Waals surface area contributed by atoms with Crippen LogP contribution in [0.15, 0.2) is 36.4 Å². The van der Waals surface area contributed by atoms with Crippen LogP contribution < -0.4 is 10.1 Å². The fourth-order valence-electron chi connectivity index (χ4n) is 3.42. The standard InChI is InChI=1S/C22H20F4N2O4/c1-3-10-27-18(30)11-15-12(2)28(16-8-9-17(29)20(23)19(15)16)21(31)13-4-6-14(7-5-13)32-22(24,25)26/h4-9,29H,3,10-11H2,1-2H3,(H,27,30). The Labute approximate surface area is 180 Å². The third kappa shape index (κ3) is 4.68. The second-order valence-corrected chi connectivity index (χ2v) is 7.10. The Morgan fingerprint density at radius 1 is 1.12 bits per heavy atom. The second-order valence-electron chi connectivity index (χ2n) is 7.10. The number of benzene rings is 2. The number of alkyl halides is 3. The average Bonchev–Trinajstić information content (AvgIpc) is 3.00. The maximum absolute atomic E-state index is 14.8. The molecule has 0 aliphatic rings. The van der Waals surface area contributed by atoms with Crippen LogP contribution in [0, 0.1) is 12.7 Å². The van der Waals surface area contributed by atoms with Gasteiger partial charge in [0.1, 0.15) is 5.75 Å². The van der Waals surface area contributed by atoms with E-state index in [9.17, 15) is 32.3 Å². The number of carbonyl (C=O) groups excluding carboxylic acids is 2. The van der Waals surface area contributed by atoms with Gasteiger partial charge in [-0.2, -0.15) is 0 Å². The molecule has 10 heteroatoms. The molecule has 1 amide bonds. The van der Waals surface area contributed by atoms with E-state index in [1.165, 1.54) is 17.6 Å². The number of phenolic OH excluding ortho intramolecular Hbond substituents is 1. The van der Waals surface area contributed by atoms with Crippen molar-refractivity contribution in [2.24, 2.45) is 0 Å². The minimum Gasteiger partial charge on any atom is -0.505 e.